The van der Waals surface area contributed by atoms with Crippen molar-refractivity contribution in [3.63, 3.8) is 0 Å². The van der Waals surface area contributed by atoms with E-state index >= 15 is 0 Å². The fourth-order valence-corrected chi connectivity index (χ4v) is 4.51. The first-order chi connectivity index (χ1) is 11.3. The Balaban J connectivity index is 1.87. The fraction of sp³-hybridized carbons (Fsp3) is 0.353. The average Bonchev–Trinajstić information content (AvgIpc) is 2.60. The lowest BCUT2D eigenvalue weighted by Gasteiger charge is -2.18. The highest BCUT2D eigenvalue weighted by Crippen LogP contribution is 2.36. The smallest absolute Gasteiger partial charge is 0.316 e. The van der Waals surface area contributed by atoms with Gasteiger partial charge in [-0.2, -0.15) is 0 Å². The first-order valence-electron chi connectivity index (χ1n) is 7.52. The molecule has 4 nitrogen and oxygen atoms in total. The first-order valence-corrected chi connectivity index (χ1v) is 9.49. The molecule has 1 aliphatic heterocycles. The number of aryl methyl sites for hydroxylation is 1. The summed E-state index contributed by atoms with van der Waals surface area (Å²) in [5, 5.41) is 0.913. The predicted molar refractivity (Wildman–Crippen MR) is 93.1 cm³/mol. The molecule has 6 heteroatoms. The lowest BCUT2D eigenvalue weighted by atomic mass is 10.1. The molecule has 1 aromatic carbocycles. The lowest BCUT2D eigenvalue weighted by molar-refractivity contribution is -0.137. The van der Waals surface area contributed by atoms with Crippen molar-refractivity contribution in [1.82, 2.24) is 9.97 Å². The van der Waals surface area contributed by atoms with E-state index in [0.717, 1.165) is 40.0 Å². The highest BCUT2D eigenvalue weighted by molar-refractivity contribution is 8.02. The van der Waals surface area contributed by atoms with E-state index in [4.69, 9.17) is 14.7 Å². The highest BCUT2D eigenvalue weighted by Gasteiger charge is 2.19. The molecule has 120 valence electrons. The number of methoxy groups -OCH3 is 1. The van der Waals surface area contributed by atoms with E-state index < -0.39 is 0 Å². The zero-order valence-electron chi connectivity index (χ0n) is 12.9. The monoisotopic (exact) mass is 346 g/mol. The van der Waals surface area contributed by atoms with E-state index in [1.165, 1.54) is 24.4 Å². The molecule has 0 radical (unpaired) electrons. The summed E-state index contributed by atoms with van der Waals surface area (Å²) >= 11 is 3.24. The molecule has 0 spiro atoms. The molecule has 2 aromatic rings. The second-order valence-corrected chi connectivity index (χ2v) is 7.27. The van der Waals surface area contributed by atoms with Crippen LogP contribution in [0.5, 0.6) is 0 Å². The van der Waals surface area contributed by atoms with E-state index in [1.54, 1.807) is 11.8 Å². The molecule has 0 aliphatic carbocycles. The maximum absolute atomic E-state index is 11.4. The summed E-state index contributed by atoms with van der Waals surface area (Å²) in [5.41, 5.74) is 2.31. The molecule has 1 aliphatic rings. The van der Waals surface area contributed by atoms with Gasteiger partial charge in [-0.3, -0.25) is 4.79 Å². The van der Waals surface area contributed by atoms with Crippen molar-refractivity contribution in [2.24, 2.45) is 0 Å². The van der Waals surface area contributed by atoms with Crippen molar-refractivity contribution in [1.29, 1.82) is 0 Å². The predicted octanol–water partition coefficient (Wildman–Crippen LogP) is 3.37. The minimum Gasteiger partial charge on any atom is -0.468 e. The van der Waals surface area contributed by atoms with Crippen LogP contribution in [-0.4, -0.2) is 34.6 Å². The zero-order chi connectivity index (χ0) is 16.1. The number of aromatic nitrogens is 2. The van der Waals surface area contributed by atoms with Crippen LogP contribution in [0.1, 0.15) is 23.5 Å². The number of rotatable bonds is 5. The van der Waals surface area contributed by atoms with Crippen molar-refractivity contribution in [3.8, 4) is 0 Å². The Kier molecular flexibility index (Phi) is 5.56. The van der Waals surface area contributed by atoms with E-state index in [1.807, 2.05) is 18.2 Å². The summed E-state index contributed by atoms with van der Waals surface area (Å²) in [6.07, 6.45) is 2.84. The SMILES string of the molecule is COC(=O)CSc1nc(Cc2ccccc2)nc2c1SCCC2. The van der Waals surface area contributed by atoms with Crippen LogP contribution in [-0.2, 0) is 22.4 Å². The standard InChI is InChI=1S/C17H18N2O2S2/c1-21-15(20)11-23-17-16-13(8-5-9-22-16)18-14(19-17)10-12-6-3-2-4-7-12/h2-4,6-7H,5,8-11H2,1H3. The topological polar surface area (TPSA) is 52.1 Å². The quantitative estimate of drug-likeness (QED) is 0.470. The number of carbonyl (C=O) groups is 1. The Hall–Kier alpha value is -1.53. The van der Waals surface area contributed by atoms with Crippen LogP contribution >= 0.6 is 23.5 Å². The number of hydrogen-bond acceptors (Lipinski definition) is 6. The molecule has 0 saturated carbocycles. The molecule has 23 heavy (non-hydrogen) atoms. The van der Waals surface area contributed by atoms with Crippen LogP contribution in [0.3, 0.4) is 0 Å². The Morgan fingerprint density at radius 2 is 2.13 bits per heavy atom. The molecule has 0 atom stereocenters. The third-order valence-electron chi connectivity index (χ3n) is 3.51. The van der Waals surface area contributed by atoms with Crippen LogP contribution in [0, 0.1) is 0 Å². The second kappa shape index (κ2) is 7.84. The summed E-state index contributed by atoms with van der Waals surface area (Å²) in [5.74, 6) is 1.96. The molecule has 0 fully saturated rings. The van der Waals surface area contributed by atoms with Gasteiger partial charge in [-0.15, -0.1) is 11.8 Å². The average molecular weight is 346 g/mol. The Morgan fingerprint density at radius 1 is 1.30 bits per heavy atom. The summed E-state index contributed by atoms with van der Waals surface area (Å²) < 4.78 is 4.73. The Labute approximate surface area is 144 Å². The van der Waals surface area contributed by atoms with Crippen molar-refractivity contribution in [2.45, 2.75) is 29.2 Å². The van der Waals surface area contributed by atoms with Gasteiger partial charge in [0.25, 0.3) is 0 Å². The summed E-state index contributed by atoms with van der Waals surface area (Å²) in [7, 11) is 1.41. The van der Waals surface area contributed by atoms with E-state index in [-0.39, 0.29) is 11.7 Å². The van der Waals surface area contributed by atoms with Crippen molar-refractivity contribution in [3.05, 3.63) is 47.4 Å². The number of benzene rings is 1. The van der Waals surface area contributed by atoms with Crippen LogP contribution in [0.4, 0.5) is 0 Å². The van der Waals surface area contributed by atoms with Crippen LogP contribution < -0.4 is 0 Å². The maximum Gasteiger partial charge on any atom is 0.316 e. The third-order valence-corrected chi connectivity index (χ3v) is 5.80. The number of hydrogen-bond donors (Lipinski definition) is 0. The van der Waals surface area contributed by atoms with Crippen LogP contribution in [0.15, 0.2) is 40.3 Å². The van der Waals surface area contributed by atoms with E-state index in [2.05, 4.69) is 12.1 Å². The van der Waals surface area contributed by atoms with Crippen molar-refractivity contribution < 1.29 is 9.53 Å². The molecule has 3 rings (SSSR count). The Bertz CT molecular complexity index is 692. The van der Waals surface area contributed by atoms with Gasteiger partial charge in [0.05, 0.1) is 23.5 Å². The molecule has 2 heterocycles. The largest absolute Gasteiger partial charge is 0.468 e. The number of esters is 1. The van der Waals surface area contributed by atoms with Gasteiger partial charge in [0.15, 0.2) is 0 Å². The maximum atomic E-state index is 11.4. The fourth-order valence-electron chi connectivity index (χ4n) is 2.39. The van der Waals surface area contributed by atoms with Gasteiger partial charge in [0, 0.05) is 6.42 Å². The number of carbonyl (C=O) groups excluding carboxylic acids is 1. The van der Waals surface area contributed by atoms with Crippen molar-refractivity contribution in [2.75, 3.05) is 18.6 Å². The molecule has 0 N–H and O–H groups in total. The van der Waals surface area contributed by atoms with Gasteiger partial charge in [0.1, 0.15) is 10.9 Å². The minimum absolute atomic E-state index is 0.229. The van der Waals surface area contributed by atoms with Gasteiger partial charge in [0.2, 0.25) is 0 Å². The van der Waals surface area contributed by atoms with Crippen LogP contribution in [0.25, 0.3) is 0 Å². The van der Waals surface area contributed by atoms with E-state index in [9.17, 15) is 4.79 Å². The van der Waals surface area contributed by atoms with Gasteiger partial charge in [-0.1, -0.05) is 42.1 Å². The van der Waals surface area contributed by atoms with Gasteiger partial charge in [-0.05, 0) is 24.2 Å². The van der Waals surface area contributed by atoms with Gasteiger partial charge < -0.3 is 4.74 Å². The number of fused-ring (bicyclic) bond motifs is 1. The third kappa shape index (κ3) is 4.26. The normalized spacial score (nSPS) is 13.4. The zero-order valence-corrected chi connectivity index (χ0v) is 14.6. The van der Waals surface area contributed by atoms with Crippen LogP contribution in [0.2, 0.25) is 0 Å². The van der Waals surface area contributed by atoms with Crippen molar-refractivity contribution >= 4 is 29.5 Å². The number of ether oxygens (including phenoxy) is 1. The highest BCUT2D eigenvalue weighted by atomic mass is 32.2. The number of thioether (sulfide) groups is 2. The molecular formula is C17H18N2O2S2. The van der Waals surface area contributed by atoms with Gasteiger partial charge >= 0.3 is 5.97 Å². The molecular weight excluding hydrogens is 328 g/mol. The summed E-state index contributed by atoms with van der Waals surface area (Å²) in [6.45, 7) is 0. The summed E-state index contributed by atoms with van der Waals surface area (Å²) in [4.78, 5) is 22.0. The number of nitrogens with zero attached hydrogens (tertiary/aromatic N) is 2. The molecule has 0 bridgehead atoms. The molecule has 0 amide bonds. The molecule has 0 saturated heterocycles. The van der Waals surface area contributed by atoms with E-state index in [0.29, 0.717) is 6.42 Å². The minimum atomic E-state index is -0.229. The summed E-state index contributed by atoms with van der Waals surface area (Å²) in [6, 6.07) is 10.2. The lowest BCUT2D eigenvalue weighted by Crippen LogP contribution is -2.10. The van der Waals surface area contributed by atoms with Gasteiger partial charge in [-0.25, -0.2) is 9.97 Å². The second-order valence-electron chi connectivity index (χ2n) is 5.20. The Morgan fingerprint density at radius 3 is 2.91 bits per heavy atom. The molecule has 1 aromatic heterocycles. The molecule has 0 unspecified atom stereocenters. The first kappa shape index (κ1) is 16.3.